The monoisotopic (exact) mass is 523 g/mol. The largest absolute Gasteiger partial charge is 0.480 e. The van der Waals surface area contributed by atoms with Crippen LogP contribution in [0.25, 0.3) is 0 Å². The van der Waals surface area contributed by atoms with Gasteiger partial charge in [-0.15, -0.1) is 0 Å². The van der Waals surface area contributed by atoms with Crippen LogP contribution in [0.3, 0.4) is 0 Å². The van der Waals surface area contributed by atoms with E-state index in [1.807, 2.05) is 0 Å². The van der Waals surface area contributed by atoms with Crippen molar-refractivity contribution in [1.82, 2.24) is 16.0 Å². The Hall–Kier alpha value is -3.32. The first-order chi connectivity index (χ1) is 17.0. The van der Waals surface area contributed by atoms with Gasteiger partial charge in [0, 0.05) is 18.7 Å². The van der Waals surface area contributed by atoms with Crippen LogP contribution < -0.4 is 33.2 Å². The molecule has 0 spiro atoms. The zero-order chi connectivity index (χ0) is 27.3. The third-order valence-electron chi connectivity index (χ3n) is 5.31. The zero-order valence-corrected chi connectivity index (χ0v) is 21.4. The van der Waals surface area contributed by atoms with Crippen LogP contribution in [-0.2, 0) is 25.6 Å². The van der Waals surface area contributed by atoms with Crippen LogP contribution in [0.1, 0.15) is 32.3 Å². The summed E-state index contributed by atoms with van der Waals surface area (Å²) in [4.78, 5) is 54.0. The molecule has 1 aromatic rings. The number of nitrogens with zero attached hydrogens (tertiary/aromatic N) is 1. The lowest BCUT2D eigenvalue weighted by atomic mass is 10.0. The molecule has 36 heavy (non-hydrogen) atoms. The van der Waals surface area contributed by atoms with Gasteiger partial charge in [0.05, 0.1) is 6.04 Å². The maximum absolute atomic E-state index is 13.2. The molecule has 4 unspecified atom stereocenters. The minimum absolute atomic E-state index is 0.0947. The van der Waals surface area contributed by atoms with E-state index in [1.54, 1.807) is 44.2 Å². The van der Waals surface area contributed by atoms with Gasteiger partial charge in [-0.05, 0) is 24.3 Å². The lowest BCUT2D eigenvalue weighted by molar-refractivity contribution is -0.141. The van der Waals surface area contributed by atoms with Crippen molar-refractivity contribution in [2.75, 3.05) is 12.3 Å². The Morgan fingerprint density at radius 1 is 0.944 bits per heavy atom. The molecular formula is C23H37N7O5S. The summed E-state index contributed by atoms with van der Waals surface area (Å²) >= 11 is 3.96. The number of benzene rings is 1. The molecule has 3 amide bonds. The summed E-state index contributed by atoms with van der Waals surface area (Å²) in [6.07, 6.45) is 0.633. The van der Waals surface area contributed by atoms with Gasteiger partial charge in [0.1, 0.15) is 18.1 Å². The third-order valence-corrected chi connectivity index (χ3v) is 5.68. The first-order valence-electron chi connectivity index (χ1n) is 11.6. The lowest BCUT2D eigenvalue weighted by Crippen LogP contribution is -2.58. The van der Waals surface area contributed by atoms with E-state index in [-0.39, 0.29) is 37.0 Å². The molecule has 12 nitrogen and oxygen atoms in total. The number of guanidine groups is 1. The molecule has 0 radical (unpaired) electrons. The number of carboxylic acid groups (broad SMARTS) is 1. The average Bonchev–Trinajstić information content (AvgIpc) is 2.83. The van der Waals surface area contributed by atoms with Gasteiger partial charge in [0.2, 0.25) is 17.7 Å². The quantitative estimate of drug-likeness (QED) is 0.0599. The first-order valence-corrected chi connectivity index (χ1v) is 12.2. The SMILES string of the molecule is CC(C)C(N)C(=O)NC(CCCN=C(N)N)C(=O)NC(Cc1ccccc1)C(=O)NC(CS)C(=O)O. The van der Waals surface area contributed by atoms with Crippen molar-refractivity contribution in [2.24, 2.45) is 28.1 Å². The van der Waals surface area contributed by atoms with E-state index in [0.29, 0.717) is 6.42 Å². The Morgan fingerprint density at radius 3 is 2.03 bits per heavy atom. The van der Waals surface area contributed by atoms with E-state index in [1.165, 1.54) is 0 Å². The summed E-state index contributed by atoms with van der Waals surface area (Å²) < 4.78 is 0. The van der Waals surface area contributed by atoms with Crippen LogP contribution in [0, 0.1) is 5.92 Å². The summed E-state index contributed by atoms with van der Waals surface area (Å²) in [5.74, 6) is -3.49. The predicted octanol–water partition coefficient (Wildman–Crippen LogP) is -1.27. The number of nitrogens with one attached hydrogen (secondary N) is 3. The van der Waals surface area contributed by atoms with Gasteiger partial charge in [-0.1, -0.05) is 44.2 Å². The number of aliphatic carboxylic acids is 1. The van der Waals surface area contributed by atoms with Gasteiger partial charge in [0.25, 0.3) is 0 Å². The molecule has 0 aromatic heterocycles. The Labute approximate surface area is 216 Å². The zero-order valence-electron chi connectivity index (χ0n) is 20.5. The van der Waals surface area contributed by atoms with Crippen LogP contribution in [0.15, 0.2) is 35.3 Å². The highest BCUT2D eigenvalue weighted by Crippen LogP contribution is 2.07. The number of thiol groups is 1. The summed E-state index contributed by atoms with van der Waals surface area (Å²) in [6.45, 7) is 3.78. The highest BCUT2D eigenvalue weighted by Gasteiger charge is 2.30. The molecule has 0 aliphatic heterocycles. The molecule has 1 aromatic carbocycles. The van der Waals surface area contributed by atoms with Crippen LogP contribution in [0.5, 0.6) is 0 Å². The van der Waals surface area contributed by atoms with Crippen molar-refractivity contribution in [2.45, 2.75) is 57.3 Å². The van der Waals surface area contributed by atoms with Crippen molar-refractivity contribution in [3.05, 3.63) is 35.9 Å². The van der Waals surface area contributed by atoms with Crippen LogP contribution >= 0.6 is 12.6 Å². The van der Waals surface area contributed by atoms with E-state index in [0.717, 1.165) is 5.56 Å². The van der Waals surface area contributed by atoms with Gasteiger partial charge in [0.15, 0.2) is 5.96 Å². The first kappa shape index (κ1) is 30.7. The van der Waals surface area contributed by atoms with Gasteiger partial charge in [-0.3, -0.25) is 19.4 Å². The Balaban J connectivity index is 3.11. The molecular weight excluding hydrogens is 486 g/mol. The fraction of sp³-hybridized carbons (Fsp3) is 0.522. The van der Waals surface area contributed by atoms with Gasteiger partial charge < -0.3 is 38.3 Å². The van der Waals surface area contributed by atoms with E-state index in [4.69, 9.17) is 17.2 Å². The molecule has 0 fully saturated rings. The molecule has 10 N–H and O–H groups in total. The maximum Gasteiger partial charge on any atom is 0.327 e. The Kier molecular flexibility index (Phi) is 13.3. The number of carbonyl (C=O) groups is 4. The van der Waals surface area contributed by atoms with E-state index in [2.05, 4.69) is 33.6 Å². The van der Waals surface area contributed by atoms with E-state index in [9.17, 15) is 24.3 Å². The number of rotatable bonds is 15. The number of aliphatic imine (C=N–C) groups is 1. The van der Waals surface area contributed by atoms with Crippen LogP contribution in [0.4, 0.5) is 0 Å². The number of carbonyl (C=O) groups excluding carboxylic acids is 3. The standard InChI is InChI=1S/C23H37N7O5S/c1-13(2)18(24)21(33)28-15(9-6-10-27-23(25)26)19(31)29-16(11-14-7-4-3-5-8-14)20(32)30-17(12-36)22(34)35/h3-5,7-8,13,15-18,36H,6,9-12,24H2,1-2H3,(H,28,33)(H,29,31)(H,30,32)(H,34,35)(H4,25,26,27). The molecule has 13 heteroatoms. The second-order valence-corrected chi connectivity index (χ2v) is 8.98. The fourth-order valence-electron chi connectivity index (χ4n) is 3.13. The van der Waals surface area contributed by atoms with E-state index < -0.39 is 47.9 Å². The van der Waals surface area contributed by atoms with E-state index >= 15 is 0 Å². The van der Waals surface area contributed by atoms with Crippen molar-refractivity contribution in [3.8, 4) is 0 Å². The lowest BCUT2D eigenvalue weighted by Gasteiger charge is -2.25. The van der Waals surface area contributed by atoms with Crippen molar-refractivity contribution in [1.29, 1.82) is 0 Å². The second kappa shape index (κ2) is 15.6. The van der Waals surface area contributed by atoms with Crippen molar-refractivity contribution >= 4 is 42.3 Å². The summed E-state index contributed by atoms with van der Waals surface area (Å²) in [5, 5.41) is 17.0. The Bertz CT molecular complexity index is 909. The Morgan fingerprint density at radius 2 is 1.50 bits per heavy atom. The highest BCUT2D eigenvalue weighted by molar-refractivity contribution is 7.80. The number of carboxylic acids is 1. The van der Waals surface area contributed by atoms with Crippen molar-refractivity contribution < 1.29 is 24.3 Å². The molecule has 0 saturated carbocycles. The number of nitrogens with two attached hydrogens (primary N) is 3. The molecule has 0 heterocycles. The van der Waals surface area contributed by atoms with Gasteiger partial charge in [-0.2, -0.15) is 12.6 Å². The average molecular weight is 524 g/mol. The third kappa shape index (κ3) is 11.0. The van der Waals surface area contributed by atoms with Gasteiger partial charge in [-0.25, -0.2) is 4.79 Å². The minimum Gasteiger partial charge on any atom is -0.480 e. The predicted molar refractivity (Wildman–Crippen MR) is 140 cm³/mol. The highest BCUT2D eigenvalue weighted by atomic mass is 32.1. The molecule has 4 atom stereocenters. The molecule has 0 aliphatic rings. The van der Waals surface area contributed by atoms with Crippen LogP contribution in [-0.4, -0.2) is 71.2 Å². The molecule has 0 aliphatic carbocycles. The van der Waals surface area contributed by atoms with Gasteiger partial charge >= 0.3 is 5.97 Å². The summed E-state index contributed by atoms with van der Waals surface area (Å²) in [5.41, 5.74) is 17.3. The molecule has 0 saturated heterocycles. The number of hydrogen-bond acceptors (Lipinski definition) is 7. The smallest absolute Gasteiger partial charge is 0.327 e. The maximum atomic E-state index is 13.2. The topological polar surface area (TPSA) is 215 Å². The number of amides is 3. The van der Waals surface area contributed by atoms with Crippen LogP contribution in [0.2, 0.25) is 0 Å². The molecule has 200 valence electrons. The second-order valence-electron chi connectivity index (χ2n) is 8.61. The molecule has 1 rings (SSSR count). The minimum atomic E-state index is -1.25. The number of hydrogen-bond donors (Lipinski definition) is 8. The summed E-state index contributed by atoms with van der Waals surface area (Å²) in [6, 6.07) is 4.69. The van der Waals surface area contributed by atoms with Crippen molar-refractivity contribution in [3.63, 3.8) is 0 Å². The fourth-order valence-corrected chi connectivity index (χ4v) is 3.38. The summed E-state index contributed by atoms with van der Waals surface area (Å²) in [7, 11) is 0. The normalized spacial score (nSPS) is 14.1. The molecule has 0 bridgehead atoms.